The third-order valence-electron chi connectivity index (χ3n) is 3.21. The Balaban J connectivity index is 0.00000144. The summed E-state index contributed by atoms with van der Waals surface area (Å²) in [6.07, 6.45) is 0.924. The molecule has 0 aliphatic carbocycles. The Morgan fingerprint density at radius 2 is 2.06 bits per heavy atom. The van der Waals surface area contributed by atoms with Gasteiger partial charge in [-0.3, -0.25) is 4.79 Å². The summed E-state index contributed by atoms with van der Waals surface area (Å²) < 4.78 is 0. The second-order valence-corrected chi connectivity index (χ2v) is 4.47. The van der Waals surface area contributed by atoms with Gasteiger partial charge in [-0.05, 0) is 18.9 Å². The minimum Gasteiger partial charge on any atom is -0.341 e. The van der Waals surface area contributed by atoms with Crippen LogP contribution in [0.1, 0.15) is 24.8 Å². The van der Waals surface area contributed by atoms with Crippen LogP contribution in [0.5, 0.6) is 0 Å². The number of rotatable bonds is 2. The molecule has 1 fully saturated rings. The third-order valence-corrected chi connectivity index (χ3v) is 3.21. The smallest absolute Gasteiger partial charge is 0.229 e. The number of benzene rings is 1. The fourth-order valence-corrected chi connectivity index (χ4v) is 2.15. The molecular weight excluding hydrogens is 236 g/mol. The lowest BCUT2D eigenvalue weighted by Crippen LogP contribution is -2.34. The maximum absolute atomic E-state index is 12.2. The van der Waals surface area contributed by atoms with E-state index < -0.39 is 0 Å². The molecule has 17 heavy (non-hydrogen) atoms. The monoisotopic (exact) mass is 254 g/mol. The Morgan fingerprint density at radius 3 is 2.59 bits per heavy atom. The van der Waals surface area contributed by atoms with E-state index in [1.54, 1.807) is 0 Å². The SMILES string of the molecule is CC(C(=O)N1CCC(N)C1)c1ccccc1.Cl. The summed E-state index contributed by atoms with van der Waals surface area (Å²) in [5.41, 5.74) is 6.88. The molecule has 2 unspecified atom stereocenters. The van der Waals surface area contributed by atoms with Gasteiger partial charge >= 0.3 is 0 Å². The van der Waals surface area contributed by atoms with E-state index >= 15 is 0 Å². The summed E-state index contributed by atoms with van der Waals surface area (Å²) in [5, 5.41) is 0. The Hall–Kier alpha value is -1.06. The highest BCUT2D eigenvalue weighted by molar-refractivity contribution is 5.85. The maximum Gasteiger partial charge on any atom is 0.229 e. The van der Waals surface area contributed by atoms with Gasteiger partial charge in [0.1, 0.15) is 0 Å². The van der Waals surface area contributed by atoms with Gasteiger partial charge in [0.05, 0.1) is 5.92 Å². The molecule has 2 atom stereocenters. The van der Waals surface area contributed by atoms with Crippen LogP contribution in [0.25, 0.3) is 0 Å². The average Bonchev–Trinajstić information content (AvgIpc) is 2.75. The molecule has 1 aliphatic heterocycles. The highest BCUT2D eigenvalue weighted by atomic mass is 35.5. The van der Waals surface area contributed by atoms with E-state index in [-0.39, 0.29) is 30.3 Å². The molecule has 1 heterocycles. The second kappa shape index (κ2) is 6.03. The van der Waals surface area contributed by atoms with Crippen molar-refractivity contribution in [3.63, 3.8) is 0 Å². The minimum absolute atomic E-state index is 0. The predicted octanol–water partition coefficient (Wildman–Crippen LogP) is 1.77. The molecule has 1 amide bonds. The van der Waals surface area contributed by atoms with Crippen LogP contribution in [0.2, 0.25) is 0 Å². The van der Waals surface area contributed by atoms with Crippen LogP contribution >= 0.6 is 12.4 Å². The molecule has 1 aliphatic rings. The first-order valence-corrected chi connectivity index (χ1v) is 5.78. The number of likely N-dealkylation sites (tertiary alicyclic amines) is 1. The van der Waals surface area contributed by atoms with Crippen LogP contribution in [0.15, 0.2) is 30.3 Å². The van der Waals surface area contributed by atoms with Crippen molar-refractivity contribution in [1.29, 1.82) is 0 Å². The van der Waals surface area contributed by atoms with Crippen molar-refractivity contribution >= 4 is 18.3 Å². The van der Waals surface area contributed by atoms with Crippen LogP contribution in [0.4, 0.5) is 0 Å². The van der Waals surface area contributed by atoms with Gasteiger partial charge in [-0.2, -0.15) is 0 Å². The van der Waals surface area contributed by atoms with Crippen LogP contribution in [-0.2, 0) is 4.79 Å². The summed E-state index contributed by atoms with van der Waals surface area (Å²) in [5.74, 6) is 0.130. The molecule has 1 saturated heterocycles. The average molecular weight is 255 g/mol. The van der Waals surface area contributed by atoms with Gasteiger partial charge in [-0.25, -0.2) is 0 Å². The molecule has 94 valence electrons. The van der Waals surface area contributed by atoms with E-state index in [1.165, 1.54) is 0 Å². The van der Waals surface area contributed by atoms with Crippen molar-refractivity contribution in [2.75, 3.05) is 13.1 Å². The van der Waals surface area contributed by atoms with Crippen LogP contribution in [0.3, 0.4) is 0 Å². The Morgan fingerprint density at radius 1 is 1.41 bits per heavy atom. The fraction of sp³-hybridized carbons (Fsp3) is 0.462. The number of amides is 1. The van der Waals surface area contributed by atoms with Crippen molar-refractivity contribution in [1.82, 2.24) is 4.90 Å². The van der Waals surface area contributed by atoms with Gasteiger partial charge in [0, 0.05) is 19.1 Å². The fourth-order valence-electron chi connectivity index (χ4n) is 2.15. The number of carbonyl (C=O) groups excluding carboxylic acids is 1. The van der Waals surface area contributed by atoms with Crippen LogP contribution in [0, 0.1) is 0 Å². The van der Waals surface area contributed by atoms with Gasteiger partial charge in [0.15, 0.2) is 0 Å². The van der Waals surface area contributed by atoms with Crippen molar-refractivity contribution in [2.45, 2.75) is 25.3 Å². The number of nitrogens with two attached hydrogens (primary N) is 1. The van der Waals surface area contributed by atoms with Crippen LogP contribution in [-0.4, -0.2) is 29.9 Å². The van der Waals surface area contributed by atoms with E-state index in [2.05, 4.69) is 0 Å². The van der Waals surface area contributed by atoms with Gasteiger partial charge in [-0.1, -0.05) is 30.3 Å². The predicted molar refractivity (Wildman–Crippen MR) is 71.3 cm³/mol. The van der Waals surface area contributed by atoms with E-state index in [4.69, 9.17) is 5.73 Å². The quantitative estimate of drug-likeness (QED) is 0.875. The highest BCUT2D eigenvalue weighted by Crippen LogP contribution is 2.20. The standard InChI is InChI=1S/C13H18N2O.ClH/c1-10(11-5-3-2-4-6-11)13(16)15-8-7-12(14)9-15;/h2-6,10,12H,7-9,14H2,1H3;1H. The minimum atomic E-state index is -0.0634. The van der Waals surface area contributed by atoms with Gasteiger partial charge in [0.25, 0.3) is 0 Å². The Labute approximate surface area is 108 Å². The molecule has 1 aromatic carbocycles. The second-order valence-electron chi connectivity index (χ2n) is 4.47. The largest absolute Gasteiger partial charge is 0.341 e. The maximum atomic E-state index is 12.2. The number of hydrogen-bond donors (Lipinski definition) is 1. The van der Waals surface area contributed by atoms with E-state index in [0.717, 1.165) is 18.5 Å². The summed E-state index contributed by atoms with van der Waals surface area (Å²) in [6.45, 7) is 3.47. The molecular formula is C13H19ClN2O. The normalized spacial score (nSPS) is 20.8. The number of carbonyl (C=O) groups is 1. The van der Waals surface area contributed by atoms with Crippen molar-refractivity contribution < 1.29 is 4.79 Å². The molecule has 0 bridgehead atoms. The zero-order valence-corrected chi connectivity index (χ0v) is 10.8. The molecule has 4 heteroatoms. The third kappa shape index (κ3) is 3.20. The van der Waals surface area contributed by atoms with E-state index in [0.29, 0.717) is 6.54 Å². The molecule has 2 N–H and O–H groups in total. The first-order valence-electron chi connectivity index (χ1n) is 5.78. The van der Waals surface area contributed by atoms with Crippen molar-refractivity contribution in [2.24, 2.45) is 5.73 Å². The zero-order chi connectivity index (χ0) is 11.5. The van der Waals surface area contributed by atoms with Gasteiger partial charge < -0.3 is 10.6 Å². The van der Waals surface area contributed by atoms with Crippen molar-refractivity contribution in [3.8, 4) is 0 Å². The van der Waals surface area contributed by atoms with Crippen LogP contribution < -0.4 is 5.73 Å². The first kappa shape index (κ1) is 14.0. The highest BCUT2D eigenvalue weighted by Gasteiger charge is 2.27. The summed E-state index contributed by atoms with van der Waals surface area (Å²) >= 11 is 0. The van der Waals surface area contributed by atoms with Gasteiger partial charge in [-0.15, -0.1) is 12.4 Å². The molecule has 0 spiro atoms. The lowest BCUT2D eigenvalue weighted by Gasteiger charge is -2.20. The summed E-state index contributed by atoms with van der Waals surface area (Å²) in [7, 11) is 0. The van der Waals surface area contributed by atoms with Gasteiger partial charge in [0.2, 0.25) is 5.91 Å². The van der Waals surface area contributed by atoms with Crippen molar-refractivity contribution in [3.05, 3.63) is 35.9 Å². The molecule has 0 aromatic heterocycles. The number of hydrogen-bond acceptors (Lipinski definition) is 2. The zero-order valence-electron chi connectivity index (χ0n) is 10.0. The molecule has 2 rings (SSSR count). The lowest BCUT2D eigenvalue weighted by molar-refractivity contribution is -0.131. The summed E-state index contributed by atoms with van der Waals surface area (Å²) in [6, 6.07) is 10.1. The van der Waals surface area contributed by atoms with E-state index in [9.17, 15) is 4.79 Å². The molecule has 0 saturated carbocycles. The molecule has 0 radical (unpaired) electrons. The molecule has 3 nitrogen and oxygen atoms in total. The topological polar surface area (TPSA) is 46.3 Å². The Kier molecular flexibility index (Phi) is 4.97. The Bertz CT molecular complexity index is 369. The molecule has 1 aromatic rings. The lowest BCUT2D eigenvalue weighted by atomic mass is 10.00. The number of nitrogens with zero attached hydrogens (tertiary/aromatic N) is 1. The first-order chi connectivity index (χ1) is 7.68. The number of halogens is 1. The summed E-state index contributed by atoms with van der Waals surface area (Å²) in [4.78, 5) is 14.0. The van der Waals surface area contributed by atoms with E-state index in [1.807, 2.05) is 42.2 Å².